The van der Waals surface area contributed by atoms with E-state index in [1.54, 1.807) is 0 Å². The molecule has 0 aromatic rings. The van der Waals surface area contributed by atoms with Gasteiger partial charge < -0.3 is 11.5 Å². The van der Waals surface area contributed by atoms with Gasteiger partial charge in [-0.2, -0.15) is 0 Å². The lowest BCUT2D eigenvalue weighted by Gasteiger charge is -2.30. The number of hydrogen-bond donors (Lipinski definition) is 2. The van der Waals surface area contributed by atoms with E-state index in [0.29, 0.717) is 12.1 Å². The van der Waals surface area contributed by atoms with Crippen LogP contribution in [0.4, 0.5) is 0 Å². The summed E-state index contributed by atoms with van der Waals surface area (Å²) >= 11 is 0. The third-order valence-corrected chi connectivity index (χ3v) is 6.19. The Morgan fingerprint density at radius 2 is 1.13 bits per heavy atom. The highest BCUT2D eigenvalue weighted by Gasteiger charge is 2.26. The number of hydrogen-bond acceptors (Lipinski definition) is 2. The molecule has 3 heteroatoms. The average Bonchev–Trinajstić information content (AvgIpc) is 2.00. The molecule has 0 bridgehead atoms. The summed E-state index contributed by atoms with van der Waals surface area (Å²) in [5.74, 6) is 0. The summed E-state index contributed by atoms with van der Waals surface area (Å²) in [7, 11) is -1.03. The second-order valence-corrected chi connectivity index (χ2v) is 11.7. The van der Waals surface area contributed by atoms with Crippen LogP contribution in [-0.2, 0) is 0 Å². The van der Waals surface area contributed by atoms with Crippen molar-refractivity contribution in [3.05, 3.63) is 0 Å². The summed E-state index contributed by atoms with van der Waals surface area (Å²) < 4.78 is 0. The van der Waals surface area contributed by atoms with E-state index in [-0.39, 0.29) is 0 Å². The SMILES string of the molecule is CC(N)CCC(CCC(C)N)[Si](C)(C)C. The topological polar surface area (TPSA) is 52.0 Å². The fourth-order valence-corrected chi connectivity index (χ4v) is 4.00. The van der Waals surface area contributed by atoms with Crippen LogP contribution in [0.5, 0.6) is 0 Å². The van der Waals surface area contributed by atoms with Crippen molar-refractivity contribution in [2.45, 2.75) is 76.8 Å². The molecule has 4 N–H and O–H groups in total. The standard InChI is InChI=1S/C12H30N2Si/c1-10(13)6-8-12(15(3,4)5)9-7-11(2)14/h10-12H,6-9,13-14H2,1-5H3. The molecule has 0 aliphatic rings. The smallest absolute Gasteiger partial charge is 0.0473 e. The van der Waals surface area contributed by atoms with Crippen molar-refractivity contribution in [1.29, 1.82) is 0 Å². The Morgan fingerprint density at radius 3 is 1.33 bits per heavy atom. The molecule has 0 saturated carbocycles. The second kappa shape index (κ2) is 6.66. The molecule has 0 heterocycles. The van der Waals surface area contributed by atoms with E-state index in [0.717, 1.165) is 18.4 Å². The van der Waals surface area contributed by atoms with Crippen molar-refractivity contribution in [1.82, 2.24) is 0 Å². The first-order valence-electron chi connectivity index (χ1n) is 6.24. The molecule has 2 nitrogen and oxygen atoms in total. The summed E-state index contributed by atoms with van der Waals surface area (Å²) in [6, 6.07) is 0.693. The van der Waals surface area contributed by atoms with Crippen molar-refractivity contribution in [3.8, 4) is 0 Å². The molecule has 2 atom stereocenters. The summed E-state index contributed by atoms with van der Waals surface area (Å²) in [6.07, 6.45) is 4.90. The van der Waals surface area contributed by atoms with E-state index in [1.807, 2.05) is 0 Å². The molecule has 0 saturated heterocycles. The molecule has 0 spiro atoms. The largest absolute Gasteiger partial charge is 0.328 e. The highest BCUT2D eigenvalue weighted by atomic mass is 28.3. The summed E-state index contributed by atoms with van der Waals surface area (Å²) in [6.45, 7) is 11.6. The maximum atomic E-state index is 5.83. The first-order chi connectivity index (χ1) is 6.73. The molecule has 0 aromatic heterocycles. The third-order valence-electron chi connectivity index (χ3n) is 3.17. The fourth-order valence-electron chi connectivity index (χ4n) is 1.94. The fraction of sp³-hybridized carbons (Fsp3) is 1.00. The van der Waals surface area contributed by atoms with Crippen LogP contribution in [0.2, 0.25) is 25.2 Å². The van der Waals surface area contributed by atoms with Crippen LogP contribution in [-0.4, -0.2) is 20.2 Å². The monoisotopic (exact) mass is 230 g/mol. The van der Waals surface area contributed by atoms with Gasteiger partial charge in [-0.15, -0.1) is 0 Å². The van der Waals surface area contributed by atoms with E-state index in [1.165, 1.54) is 12.8 Å². The van der Waals surface area contributed by atoms with Crippen molar-refractivity contribution >= 4 is 8.07 Å². The van der Waals surface area contributed by atoms with Gasteiger partial charge in [0.15, 0.2) is 0 Å². The minimum atomic E-state index is -1.03. The molecular weight excluding hydrogens is 200 g/mol. The Morgan fingerprint density at radius 1 is 0.800 bits per heavy atom. The molecule has 15 heavy (non-hydrogen) atoms. The Kier molecular flexibility index (Phi) is 6.72. The van der Waals surface area contributed by atoms with E-state index in [2.05, 4.69) is 33.5 Å². The van der Waals surface area contributed by atoms with Crippen molar-refractivity contribution < 1.29 is 0 Å². The second-order valence-electron chi connectivity index (χ2n) is 6.17. The van der Waals surface area contributed by atoms with E-state index >= 15 is 0 Å². The Hall–Kier alpha value is 0.137. The number of rotatable bonds is 7. The summed E-state index contributed by atoms with van der Waals surface area (Å²) in [4.78, 5) is 0. The predicted molar refractivity (Wildman–Crippen MR) is 72.9 cm³/mol. The molecule has 0 fully saturated rings. The maximum Gasteiger partial charge on any atom is 0.0473 e. The van der Waals surface area contributed by atoms with Crippen LogP contribution in [0.15, 0.2) is 0 Å². The van der Waals surface area contributed by atoms with E-state index < -0.39 is 8.07 Å². The zero-order valence-corrected chi connectivity index (χ0v) is 12.2. The highest BCUT2D eigenvalue weighted by molar-refractivity contribution is 6.77. The van der Waals surface area contributed by atoms with Gasteiger partial charge in [0.1, 0.15) is 0 Å². The van der Waals surface area contributed by atoms with Crippen LogP contribution in [0, 0.1) is 0 Å². The number of nitrogens with two attached hydrogens (primary N) is 2. The molecular formula is C12H30N2Si. The minimum Gasteiger partial charge on any atom is -0.328 e. The van der Waals surface area contributed by atoms with Crippen LogP contribution in [0.1, 0.15) is 39.5 Å². The molecule has 0 rings (SSSR count). The summed E-state index contributed by atoms with van der Waals surface area (Å²) in [5.41, 5.74) is 12.5. The minimum absolute atomic E-state index is 0.346. The van der Waals surface area contributed by atoms with Crippen molar-refractivity contribution in [2.75, 3.05) is 0 Å². The van der Waals surface area contributed by atoms with Gasteiger partial charge >= 0.3 is 0 Å². The Labute approximate surface area is 96.8 Å². The Bertz CT molecular complexity index is 149. The van der Waals surface area contributed by atoms with Crippen molar-refractivity contribution in [2.24, 2.45) is 11.5 Å². The zero-order chi connectivity index (χ0) is 12.1. The molecule has 0 radical (unpaired) electrons. The molecule has 2 unspecified atom stereocenters. The quantitative estimate of drug-likeness (QED) is 0.661. The van der Waals surface area contributed by atoms with E-state index in [4.69, 9.17) is 11.5 Å². The van der Waals surface area contributed by atoms with E-state index in [9.17, 15) is 0 Å². The lowest BCUT2D eigenvalue weighted by molar-refractivity contribution is 0.529. The first kappa shape index (κ1) is 15.1. The molecule has 0 aromatic carbocycles. The van der Waals surface area contributed by atoms with Crippen LogP contribution in [0.3, 0.4) is 0 Å². The van der Waals surface area contributed by atoms with Gasteiger partial charge in [0.25, 0.3) is 0 Å². The van der Waals surface area contributed by atoms with Gasteiger partial charge in [-0.1, -0.05) is 32.5 Å². The van der Waals surface area contributed by atoms with Crippen molar-refractivity contribution in [3.63, 3.8) is 0 Å². The Balaban J connectivity index is 4.08. The summed E-state index contributed by atoms with van der Waals surface area (Å²) in [5, 5.41) is 0. The average molecular weight is 230 g/mol. The lowest BCUT2D eigenvalue weighted by atomic mass is 10.1. The lowest BCUT2D eigenvalue weighted by Crippen LogP contribution is -2.31. The van der Waals surface area contributed by atoms with Crippen LogP contribution < -0.4 is 11.5 Å². The van der Waals surface area contributed by atoms with Gasteiger partial charge in [-0.3, -0.25) is 0 Å². The highest BCUT2D eigenvalue weighted by Crippen LogP contribution is 2.32. The van der Waals surface area contributed by atoms with Gasteiger partial charge in [0.2, 0.25) is 0 Å². The molecule has 0 aliphatic carbocycles. The molecule has 92 valence electrons. The zero-order valence-electron chi connectivity index (χ0n) is 11.2. The molecule has 0 aliphatic heterocycles. The van der Waals surface area contributed by atoms with Gasteiger partial charge in [0, 0.05) is 20.2 Å². The van der Waals surface area contributed by atoms with Gasteiger partial charge in [-0.05, 0) is 32.2 Å². The third kappa shape index (κ3) is 8.00. The maximum absolute atomic E-state index is 5.83. The molecule has 0 amide bonds. The van der Waals surface area contributed by atoms with Crippen LogP contribution in [0.25, 0.3) is 0 Å². The van der Waals surface area contributed by atoms with Gasteiger partial charge in [0.05, 0.1) is 0 Å². The van der Waals surface area contributed by atoms with Crippen LogP contribution >= 0.6 is 0 Å². The first-order valence-corrected chi connectivity index (χ1v) is 9.82. The predicted octanol–water partition coefficient (Wildman–Crippen LogP) is 2.95. The normalized spacial score (nSPS) is 18.6. The van der Waals surface area contributed by atoms with Gasteiger partial charge in [-0.25, -0.2) is 0 Å².